The van der Waals surface area contributed by atoms with E-state index in [1.165, 1.54) is 7.11 Å². The molecule has 1 aromatic rings. The molecule has 1 atom stereocenters. The van der Waals surface area contributed by atoms with Gasteiger partial charge in [-0.3, -0.25) is 0 Å². The Labute approximate surface area is 158 Å². The van der Waals surface area contributed by atoms with Crippen LogP contribution in [0.25, 0.3) is 0 Å². The number of benzene rings is 1. The molecule has 0 aromatic heterocycles. The van der Waals surface area contributed by atoms with Crippen molar-refractivity contribution in [2.24, 2.45) is 0 Å². The normalized spacial score (nSPS) is 16.7. The zero-order valence-corrected chi connectivity index (χ0v) is 16.0. The number of nitrogens with one attached hydrogen (secondary N) is 1. The number of aliphatic hydroxyl groups excluding tert-OH is 1. The molecule has 1 unspecified atom stereocenters. The molecule has 27 heavy (non-hydrogen) atoms. The summed E-state index contributed by atoms with van der Waals surface area (Å²) < 4.78 is 15.8. The van der Waals surface area contributed by atoms with E-state index in [9.17, 15) is 9.59 Å². The number of dihydropyridines is 1. The number of hydrogen-bond acceptors (Lipinski definition) is 7. The Morgan fingerprint density at radius 1 is 1.07 bits per heavy atom. The van der Waals surface area contributed by atoms with Gasteiger partial charge in [0.1, 0.15) is 12.4 Å². The molecule has 2 N–H and O–H groups in total. The number of aliphatic hydroxyl groups is 1. The minimum Gasteiger partial charge on any atom is -0.496 e. The van der Waals surface area contributed by atoms with Crippen molar-refractivity contribution >= 4 is 11.9 Å². The zero-order chi connectivity index (χ0) is 20.0. The van der Waals surface area contributed by atoms with Gasteiger partial charge in [-0.2, -0.15) is 0 Å². The lowest BCUT2D eigenvalue weighted by molar-refractivity contribution is -0.140. The summed E-state index contributed by atoms with van der Waals surface area (Å²) in [5, 5.41) is 12.1. The van der Waals surface area contributed by atoms with Crippen LogP contribution >= 0.6 is 0 Å². The third kappa shape index (κ3) is 4.31. The summed E-state index contributed by atoms with van der Waals surface area (Å²) in [6.07, 6.45) is 0. The summed E-state index contributed by atoms with van der Waals surface area (Å²) >= 11 is 0. The van der Waals surface area contributed by atoms with Gasteiger partial charge in [0, 0.05) is 17.0 Å². The first-order chi connectivity index (χ1) is 13.0. The second kappa shape index (κ2) is 9.23. The highest BCUT2D eigenvalue weighted by Gasteiger charge is 2.39. The average Bonchev–Trinajstić information content (AvgIpc) is 2.65. The molecule has 0 saturated heterocycles. The third-order valence-electron chi connectivity index (χ3n) is 4.25. The predicted octanol–water partition coefficient (Wildman–Crippen LogP) is 2.03. The molecular weight excluding hydrogens is 350 g/mol. The Morgan fingerprint density at radius 3 is 2.22 bits per heavy atom. The Morgan fingerprint density at radius 2 is 1.67 bits per heavy atom. The SMILES string of the molecule is CCOC(=O)C1=C(C)NC(C)=C(C(=O)OCCO)C1c1ccccc1OC. The fourth-order valence-corrected chi connectivity index (χ4v) is 3.18. The van der Waals surface area contributed by atoms with Crippen molar-refractivity contribution in [2.75, 3.05) is 26.9 Å². The van der Waals surface area contributed by atoms with Crippen molar-refractivity contribution in [3.05, 3.63) is 52.4 Å². The molecule has 7 nitrogen and oxygen atoms in total. The lowest BCUT2D eigenvalue weighted by Gasteiger charge is -2.31. The minimum atomic E-state index is -0.715. The Bertz CT molecular complexity index is 780. The van der Waals surface area contributed by atoms with E-state index in [1.807, 2.05) is 12.1 Å². The van der Waals surface area contributed by atoms with Crippen LogP contribution in [0.15, 0.2) is 46.8 Å². The molecule has 1 aromatic carbocycles. The van der Waals surface area contributed by atoms with Crippen molar-refractivity contribution in [1.29, 1.82) is 0 Å². The molecule has 0 aliphatic carbocycles. The van der Waals surface area contributed by atoms with Gasteiger partial charge in [-0.15, -0.1) is 0 Å². The van der Waals surface area contributed by atoms with Crippen molar-refractivity contribution in [3.63, 3.8) is 0 Å². The molecule has 2 rings (SSSR count). The molecule has 1 heterocycles. The lowest BCUT2D eigenvalue weighted by atomic mass is 9.80. The molecule has 1 aliphatic rings. The van der Waals surface area contributed by atoms with Crippen LogP contribution in [0.1, 0.15) is 32.3 Å². The van der Waals surface area contributed by atoms with Crippen LogP contribution < -0.4 is 10.1 Å². The Balaban J connectivity index is 2.65. The van der Waals surface area contributed by atoms with Gasteiger partial charge in [0.25, 0.3) is 0 Å². The summed E-state index contributed by atoms with van der Waals surface area (Å²) in [5.41, 5.74) is 2.42. The van der Waals surface area contributed by atoms with Crippen LogP contribution in [0, 0.1) is 0 Å². The first kappa shape index (κ1) is 20.5. The number of allylic oxidation sites excluding steroid dienone is 2. The highest BCUT2D eigenvalue weighted by molar-refractivity contribution is 6.00. The topological polar surface area (TPSA) is 94.1 Å². The van der Waals surface area contributed by atoms with Crippen LogP contribution in [0.5, 0.6) is 5.75 Å². The van der Waals surface area contributed by atoms with Gasteiger partial charge in [-0.1, -0.05) is 18.2 Å². The Kier molecular flexibility index (Phi) is 7.01. The first-order valence-electron chi connectivity index (χ1n) is 8.72. The maximum absolute atomic E-state index is 12.7. The molecule has 1 aliphatic heterocycles. The number of ether oxygens (including phenoxy) is 3. The maximum Gasteiger partial charge on any atom is 0.336 e. The molecule has 0 spiro atoms. The number of carbonyl (C=O) groups excluding carboxylic acids is 2. The number of rotatable bonds is 7. The van der Waals surface area contributed by atoms with Crippen LogP contribution in [-0.4, -0.2) is 44.0 Å². The van der Waals surface area contributed by atoms with Gasteiger partial charge >= 0.3 is 11.9 Å². The molecule has 0 fully saturated rings. The van der Waals surface area contributed by atoms with E-state index < -0.39 is 17.9 Å². The van der Waals surface area contributed by atoms with E-state index in [4.69, 9.17) is 19.3 Å². The van der Waals surface area contributed by atoms with Gasteiger partial charge in [-0.05, 0) is 26.8 Å². The first-order valence-corrected chi connectivity index (χ1v) is 8.72. The second-order valence-corrected chi connectivity index (χ2v) is 5.96. The summed E-state index contributed by atoms with van der Waals surface area (Å²) in [7, 11) is 1.53. The summed E-state index contributed by atoms with van der Waals surface area (Å²) in [6.45, 7) is 5.01. The van der Waals surface area contributed by atoms with Gasteiger partial charge in [-0.25, -0.2) is 9.59 Å². The van der Waals surface area contributed by atoms with Crippen LogP contribution in [-0.2, 0) is 19.1 Å². The summed E-state index contributed by atoms with van der Waals surface area (Å²) in [5.74, 6) is -1.30. The van der Waals surface area contributed by atoms with Crippen molar-refractivity contribution in [1.82, 2.24) is 5.32 Å². The average molecular weight is 375 g/mol. The molecule has 0 amide bonds. The highest BCUT2D eigenvalue weighted by Crippen LogP contribution is 2.42. The molecule has 0 radical (unpaired) electrons. The smallest absolute Gasteiger partial charge is 0.336 e. The van der Waals surface area contributed by atoms with E-state index in [0.717, 1.165) is 0 Å². The summed E-state index contributed by atoms with van der Waals surface area (Å²) in [6, 6.07) is 7.18. The fourth-order valence-electron chi connectivity index (χ4n) is 3.18. The van der Waals surface area contributed by atoms with Gasteiger partial charge in [0.05, 0.1) is 37.4 Å². The van der Waals surface area contributed by atoms with Crippen LogP contribution in [0.4, 0.5) is 0 Å². The van der Waals surface area contributed by atoms with E-state index in [-0.39, 0.29) is 25.4 Å². The number of carbonyl (C=O) groups is 2. The zero-order valence-electron chi connectivity index (χ0n) is 16.0. The van der Waals surface area contributed by atoms with Gasteiger partial charge in [0.2, 0.25) is 0 Å². The largest absolute Gasteiger partial charge is 0.496 e. The van der Waals surface area contributed by atoms with E-state index in [1.54, 1.807) is 32.9 Å². The standard InChI is InChI=1S/C20H25NO6/c1-5-26-19(23)16-12(2)21-13(3)17(20(24)27-11-10-22)18(16)14-8-6-7-9-15(14)25-4/h6-9,18,21-22H,5,10-11H2,1-4H3. The maximum atomic E-state index is 12.7. The predicted molar refractivity (Wildman–Crippen MR) is 98.9 cm³/mol. The lowest BCUT2D eigenvalue weighted by Crippen LogP contribution is -2.33. The number of methoxy groups -OCH3 is 1. The molecular formula is C20H25NO6. The molecule has 7 heteroatoms. The molecule has 146 valence electrons. The van der Waals surface area contributed by atoms with Crippen molar-refractivity contribution in [2.45, 2.75) is 26.7 Å². The van der Waals surface area contributed by atoms with E-state index >= 15 is 0 Å². The number of esters is 2. The minimum absolute atomic E-state index is 0.133. The second-order valence-electron chi connectivity index (χ2n) is 5.96. The van der Waals surface area contributed by atoms with Crippen LogP contribution in [0.3, 0.4) is 0 Å². The molecule has 0 bridgehead atoms. The van der Waals surface area contributed by atoms with Crippen molar-refractivity contribution < 1.29 is 28.9 Å². The monoisotopic (exact) mass is 375 g/mol. The van der Waals surface area contributed by atoms with Gasteiger partial charge < -0.3 is 24.6 Å². The highest BCUT2D eigenvalue weighted by atomic mass is 16.5. The fraction of sp³-hybridized carbons (Fsp3) is 0.400. The number of para-hydroxylation sites is 1. The number of hydrogen-bond donors (Lipinski definition) is 2. The van der Waals surface area contributed by atoms with Crippen molar-refractivity contribution in [3.8, 4) is 5.75 Å². The quantitative estimate of drug-likeness (QED) is 0.704. The van der Waals surface area contributed by atoms with E-state index in [0.29, 0.717) is 28.3 Å². The summed E-state index contributed by atoms with van der Waals surface area (Å²) in [4.78, 5) is 25.4. The molecule has 0 saturated carbocycles. The third-order valence-corrected chi connectivity index (χ3v) is 4.25. The van der Waals surface area contributed by atoms with Crippen LogP contribution in [0.2, 0.25) is 0 Å². The Hall–Kier alpha value is -2.80. The van der Waals surface area contributed by atoms with Gasteiger partial charge in [0.15, 0.2) is 0 Å². The van der Waals surface area contributed by atoms with E-state index in [2.05, 4.69) is 5.32 Å².